The van der Waals surface area contributed by atoms with Gasteiger partial charge >= 0.3 is 0 Å². The first kappa shape index (κ1) is 14.6. The average Bonchev–Trinajstić information content (AvgIpc) is 2.39. The van der Waals surface area contributed by atoms with Crippen LogP contribution in [0.4, 0.5) is 0 Å². The predicted octanol–water partition coefficient (Wildman–Crippen LogP) is 1.33. The van der Waals surface area contributed by atoms with Crippen molar-refractivity contribution in [3.8, 4) is 5.75 Å². The quantitative estimate of drug-likeness (QED) is 0.768. The Kier molecular flexibility index (Phi) is 5.04. The maximum Gasteiger partial charge on any atom is 0.261 e. The van der Waals surface area contributed by atoms with Crippen LogP contribution in [0, 0.1) is 0 Å². The largest absolute Gasteiger partial charge is 0.492 e. The summed E-state index contributed by atoms with van der Waals surface area (Å²) in [5, 5.41) is 0. The van der Waals surface area contributed by atoms with Gasteiger partial charge in [0, 0.05) is 30.3 Å². The minimum atomic E-state index is -3.66. The third-order valence-corrected chi connectivity index (χ3v) is 4.25. The third kappa shape index (κ3) is 4.65. The Balaban J connectivity index is 1.80. The number of ether oxygens (including phenoxy) is 2. The maximum atomic E-state index is 11.1. The van der Waals surface area contributed by atoms with E-state index in [0.717, 1.165) is 32.8 Å². The van der Waals surface area contributed by atoms with Crippen LogP contribution in [0.25, 0.3) is 0 Å². The SMILES string of the molecule is O=S(=O)(Cl)c1ccc(OCCN2CCOCC2)cc1. The van der Waals surface area contributed by atoms with Crippen molar-refractivity contribution in [1.82, 2.24) is 4.90 Å². The van der Waals surface area contributed by atoms with Crippen LogP contribution in [-0.2, 0) is 13.8 Å². The maximum absolute atomic E-state index is 11.1. The molecule has 1 aliphatic heterocycles. The van der Waals surface area contributed by atoms with Crippen LogP contribution in [0.2, 0.25) is 0 Å². The lowest BCUT2D eigenvalue weighted by Gasteiger charge is -2.26. The molecule has 1 heterocycles. The zero-order valence-corrected chi connectivity index (χ0v) is 12.0. The Morgan fingerprint density at radius 3 is 2.42 bits per heavy atom. The molecule has 1 fully saturated rings. The Morgan fingerprint density at radius 1 is 1.21 bits per heavy atom. The number of benzene rings is 1. The molecule has 0 radical (unpaired) electrons. The standard InChI is InChI=1S/C12H16ClNO4S/c13-19(15,16)12-3-1-11(2-4-12)18-10-7-14-5-8-17-9-6-14/h1-4H,5-10H2. The first-order chi connectivity index (χ1) is 9.05. The lowest BCUT2D eigenvalue weighted by molar-refractivity contribution is 0.0322. The summed E-state index contributed by atoms with van der Waals surface area (Å²) in [5.41, 5.74) is 0. The van der Waals surface area contributed by atoms with Crippen LogP contribution in [0.5, 0.6) is 5.75 Å². The molecule has 19 heavy (non-hydrogen) atoms. The summed E-state index contributed by atoms with van der Waals surface area (Å²) < 4.78 is 33.0. The molecule has 0 aliphatic carbocycles. The molecule has 5 nitrogen and oxygen atoms in total. The Morgan fingerprint density at radius 2 is 1.84 bits per heavy atom. The summed E-state index contributed by atoms with van der Waals surface area (Å²) in [5.74, 6) is 0.636. The molecule has 0 aromatic heterocycles. The molecule has 106 valence electrons. The molecule has 0 bridgehead atoms. The average molecular weight is 306 g/mol. The van der Waals surface area contributed by atoms with Gasteiger partial charge in [-0.2, -0.15) is 0 Å². The molecule has 0 unspecified atom stereocenters. The number of nitrogens with zero attached hydrogens (tertiary/aromatic N) is 1. The van der Waals surface area contributed by atoms with Gasteiger partial charge in [0.15, 0.2) is 0 Å². The molecule has 1 aromatic rings. The number of rotatable bonds is 5. The highest BCUT2D eigenvalue weighted by atomic mass is 35.7. The van der Waals surface area contributed by atoms with Crippen LogP contribution in [0.3, 0.4) is 0 Å². The fourth-order valence-electron chi connectivity index (χ4n) is 1.82. The van der Waals surface area contributed by atoms with E-state index < -0.39 is 9.05 Å². The Hall–Kier alpha value is -0.820. The van der Waals surface area contributed by atoms with E-state index in [-0.39, 0.29) is 4.90 Å². The third-order valence-electron chi connectivity index (χ3n) is 2.89. The van der Waals surface area contributed by atoms with E-state index in [2.05, 4.69) is 4.90 Å². The molecule has 0 saturated carbocycles. The van der Waals surface area contributed by atoms with Crippen LogP contribution < -0.4 is 4.74 Å². The lowest BCUT2D eigenvalue weighted by atomic mass is 10.3. The summed E-state index contributed by atoms with van der Waals surface area (Å²) in [7, 11) is 1.57. The van der Waals surface area contributed by atoms with E-state index in [9.17, 15) is 8.42 Å². The zero-order valence-electron chi connectivity index (χ0n) is 10.4. The van der Waals surface area contributed by atoms with Gasteiger partial charge in [-0.15, -0.1) is 0 Å². The second-order valence-electron chi connectivity index (χ2n) is 4.21. The second-order valence-corrected chi connectivity index (χ2v) is 6.78. The summed E-state index contributed by atoms with van der Waals surface area (Å²) in [6.45, 7) is 4.77. The molecule has 0 spiro atoms. The topological polar surface area (TPSA) is 55.8 Å². The number of hydrogen-bond donors (Lipinski definition) is 0. The van der Waals surface area contributed by atoms with E-state index >= 15 is 0 Å². The molecule has 0 amide bonds. The van der Waals surface area contributed by atoms with Crippen molar-refractivity contribution in [3.63, 3.8) is 0 Å². The first-order valence-corrected chi connectivity index (χ1v) is 8.34. The van der Waals surface area contributed by atoms with Crippen molar-refractivity contribution in [3.05, 3.63) is 24.3 Å². The summed E-state index contributed by atoms with van der Waals surface area (Å²) in [4.78, 5) is 2.34. The van der Waals surface area contributed by atoms with Crippen molar-refractivity contribution in [2.24, 2.45) is 0 Å². The number of morpholine rings is 1. The van der Waals surface area contributed by atoms with Gasteiger partial charge in [0.25, 0.3) is 9.05 Å². The van der Waals surface area contributed by atoms with Gasteiger partial charge in [0.2, 0.25) is 0 Å². The molecule has 1 saturated heterocycles. The highest BCUT2D eigenvalue weighted by molar-refractivity contribution is 8.13. The van der Waals surface area contributed by atoms with Gasteiger partial charge in [0.1, 0.15) is 12.4 Å². The monoisotopic (exact) mass is 305 g/mol. The predicted molar refractivity (Wildman–Crippen MR) is 72.2 cm³/mol. The van der Waals surface area contributed by atoms with E-state index in [1.807, 2.05) is 0 Å². The molecule has 7 heteroatoms. The fourth-order valence-corrected chi connectivity index (χ4v) is 2.59. The van der Waals surface area contributed by atoms with Crippen LogP contribution in [0.15, 0.2) is 29.2 Å². The molecule has 0 N–H and O–H groups in total. The van der Waals surface area contributed by atoms with Crippen LogP contribution in [-0.4, -0.2) is 52.8 Å². The molecular formula is C12H16ClNO4S. The number of halogens is 1. The number of hydrogen-bond acceptors (Lipinski definition) is 5. The molecule has 1 aromatic carbocycles. The van der Waals surface area contributed by atoms with E-state index in [1.165, 1.54) is 12.1 Å². The van der Waals surface area contributed by atoms with Gasteiger partial charge in [-0.05, 0) is 24.3 Å². The summed E-state index contributed by atoms with van der Waals surface area (Å²) >= 11 is 0. The van der Waals surface area contributed by atoms with Crippen LogP contribution >= 0.6 is 10.7 Å². The Labute approximate surface area is 117 Å². The van der Waals surface area contributed by atoms with E-state index in [1.54, 1.807) is 12.1 Å². The van der Waals surface area contributed by atoms with Gasteiger partial charge in [-0.3, -0.25) is 4.90 Å². The van der Waals surface area contributed by atoms with Gasteiger partial charge in [-0.1, -0.05) is 0 Å². The minimum Gasteiger partial charge on any atom is -0.492 e. The molecular weight excluding hydrogens is 290 g/mol. The van der Waals surface area contributed by atoms with E-state index in [4.69, 9.17) is 20.2 Å². The van der Waals surface area contributed by atoms with Crippen molar-refractivity contribution in [1.29, 1.82) is 0 Å². The second kappa shape index (κ2) is 6.56. The minimum absolute atomic E-state index is 0.0784. The van der Waals surface area contributed by atoms with Crippen molar-refractivity contribution >= 4 is 19.7 Å². The zero-order chi connectivity index (χ0) is 13.7. The highest BCUT2D eigenvalue weighted by Gasteiger charge is 2.11. The summed E-state index contributed by atoms with van der Waals surface area (Å²) in [6.07, 6.45) is 0. The van der Waals surface area contributed by atoms with Gasteiger partial charge < -0.3 is 9.47 Å². The lowest BCUT2D eigenvalue weighted by Crippen LogP contribution is -2.38. The molecule has 0 atom stereocenters. The fraction of sp³-hybridized carbons (Fsp3) is 0.500. The van der Waals surface area contributed by atoms with Gasteiger partial charge in [-0.25, -0.2) is 8.42 Å². The smallest absolute Gasteiger partial charge is 0.261 e. The van der Waals surface area contributed by atoms with Crippen molar-refractivity contribution < 1.29 is 17.9 Å². The highest BCUT2D eigenvalue weighted by Crippen LogP contribution is 2.18. The van der Waals surface area contributed by atoms with E-state index in [0.29, 0.717) is 12.4 Å². The summed E-state index contributed by atoms with van der Waals surface area (Å²) in [6, 6.07) is 6.09. The van der Waals surface area contributed by atoms with Crippen molar-refractivity contribution in [2.45, 2.75) is 4.90 Å². The Bertz CT molecular complexity index is 497. The van der Waals surface area contributed by atoms with Crippen LogP contribution in [0.1, 0.15) is 0 Å². The van der Waals surface area contributed by atoms with Gasteiger partial charge in [0.05, 0.1) is 18.1 Å². The molecule has 1 aliphatic rings. The van der Waals surface area contributed by atoms with Crippen molar-refractivity contribution in [2.75, 3.05) is 39.5 Å². The normalized spacial score (nSPS) is 17.3. The molecule has 2 rings (SSSR count). The first-order valence-electron chi connectivity index (χ1n) is 6.03.